The Hall–Kier alpha value is -3.38. The van der Waals surface area contributed by atoms with Gasteiger partial charge in [-0.2, -0.15) is 18.2 Å². The van der Waals surface area contributed by atoms with E-state index in [1.165, 1.54) is 18.5 Å². The van der Waals surface area contributed by atoms with Crippen LogP contribution in [-0.2, 0) is 6.42 Å². The summed E-state index contributed by atoms with van der Waals surface area (Å²) in [5.74, 6) is 5.54. The van der Waals surface area contributed by atoms with E-state index in [1.54, 1.807) is 16.5 Å². The molecule has 0 radical (unpaired) electrons. The fourth-order valence-electron chi connectivity index (χ4n) is 4.50. The fourth-order valence-corrected chi connectivity index (χ4v) is 4.66. The number of nitrogens with zero attached hydrogens (tertiary/aromatic N) is 5. The molecule has 3 heterocycles. The van der Waals surface area contributed by atoms with Crippen LogP contribution < -0.4 is 4.90 Å². The number of aromatic nitrogens is 4. The molecule has 4 aromatic rings. The smallest absolute Gasteiger partial charge is 0.325 e. The molecule has 0 N–H and O–H groups in total. The summed E-state index contributed by atoms with van der Waals surface area (Å²) in [5.41, 5.74) is 0.908. The molecule has 0 atom stereocenters. The van der Waals surface area contributed by atoms with Crippen molar-refractivity contribution < 1.29 is 17.6 Å². The van der Waals surface area contributed by atoms with Gasteiger partial charge in [-0.3, -0.25) is 4.40 Å². The lowest BCUT2D eigenvalue weighted by Gasteiger charge is -2.32. The van der Waals surface area contributed by atoms with Crippen LogP contribution in [0.1, 0.15) is 30.4 Å². The number of alkyl halides is 3. The summed E-state index contributed by atoms with van der Waals surface area (Å²) in [5, 5.41) is 8.44. The molecule has 0 unspecified atom stereocenters. The Labute approximate surface area is 196 Å². The summed E-state index contributed by atoms with van der Waals surface area (Å²) in [6.45, 7) is 0.590. The Morgan fingerprint density at radius 1 is 1.15 bits per heavy atom. The van der Waals surface area contributed by atoms with E-state index in [4.69, 9.17) is 11.6 Å². The average molecular weight is 486 g/mol. The van der Waals surface area contributed by atoms with Crippen molar-refractivity contribution in [1.82, 2.24) is 19.6 Å². The van der Waals surface area contributed by atoms with E-state index in [0.717, 1.165) is 17.7 Å². The molecule has 1 aliphatic heterocycles. The van der Waals surface area contributed by atoms with E-state index in [1.807, 2.05) is 11.0 Å². The van der Waals surface area contributed by atoms with Crippen molar-refractivity contribution in [2.24, 2.45) is 5.41 Å². The summed E-state index contributed by atoms with van der Waals surface area (Å²) in [6, 6.07) is 8.23. The van der Waals surface area contributed by atoms with Crippen LogP contribution in [0.5, 0.6) is 0 Å². The lowest BCUT2D eigenvalue weighted by Crippen LogP contribution is -2.26. The first-order chi connectivity index (χ1) is 16.3. The maximum atomic E-state index is 14.5. The van der Waals surface area contributed by atoms with Crippen LogP contribution in [0.25, 0.3) is 16.7 Å². The normalized spacial score (nSPS) is 16.9. The van der Waals surface area contributed by atoms with Gasteiger partial charge in [-0.15, -0.1) is 10.2 Å². The minimum atomic E-state index is -4.33. The summed E-state index contributed by atoms with van der Waals surface area (Å²) in [6.07, 6.45) is -1.38. The molecule has 0 amide bonds. The predicted octanol–water partition coefficient (Wildman–Crippen LogP) is 5.85. The Balaban J connectivity index is 1.51. The first kappa shape index (κ1) is 21.2. The molecule has 6 rings (SSSR count). The summed E-state index contributed by atoms with van der Waals surface area (Å²) in [4.78, 5) is 6.57. The minimum absolute atomic E-state index is 0.0325. The molecule has 0 spiro atoms. The van der Waals surface area contributed by atoms with Gasteiger partial charge in [0.05, 0.1) is 10.5 Å². The van der Waals surface area contributed by atoms with Crippen molar-refractivity contribution in [3.8, 4) is 11.8 Å². The minimum Gasteiger partial charge on any atom is -0.325 e. The third kappa shape index (κ3) is 3.20. The van der Waals surface area contributed by atoms with Gasteiger partial charge >= 0.3 is 6.18 Å². The molecule has 0 saturated heterocycles. The van der Waals surface area contributed by atoms with Gasteiger partial charge in [-0.1, -0.05) is 29.5 Å². The van der Waals surface area contributed by atoms with Crippen molar-refractivity contribution in [2.75, 3.05) is 11.4 Å². The van der Waals surface area contributed by atoms with E-state index >= 15 is 0 Å². The second kappa shape index (κ2) is 7.31. The van der Waals surface area contributed by atoms with Gasteiger partial charge in [0.15, 0.2) is 0 Å². The van der Waals surface area contributed by atoms with Crippen molar-refractivity contribution in [3.63, 3.8) is 0 Å². The lowest BCUT2D eigenvalue weighted by atomic mass is 9.95. The number of hydrogen-bond donors (Lipinski definition) is 0. The zero-order valence-corrected chi connectivity index (χ0v) is 18.4. The second-order valence-electron chi connectivity index (χ2n) is 8.61. The first-order valence-corrected chi connectivity index (χ1v) is 11.1. The molecular formula is C24H16ClF4N5. The lowest BCUT2D eigenvalue weighted by molar-refractivity contribution is -0.168. The van der Waals surface area contributed by atoms with Crippen LogP contribution in [0.15, 0.2) is 36.7 Å². The van der Waals surface area contributed by atoms with Gasteiger partial charge in [0, 0.05) is 23.2 Å². The number of fused-ring (bicyclic) bond motifs is 4. The largest absolute Gasteiger partial charge is 0.405 e. The molecule has 5 nitrogen and oxygen atoms in total. The molecule has 172 valence electrons. The highest BCUT2D eigenvalue weighted by molar-refractivity contribution is 6.31. The molecule has 2 aromatic carbocycles. The topological polar surface area (TPSA) is 46.3 Å². The summed E-state index contributed by atoms with van der Waals surface area (Å²) in [7, 11) is 0. The number of benzene rings is 2. The van der Waals surface area contributed by atoms with Crippen LogP contribution in [-0.4, -0.2) is 32.3 Å². The highest BCUT2D eigenvalue weighted by atomic mass is 35.5. The van der Waals surface area contributed by atoms with Crippen LogP contribution in [0.4, 0.5) is 29.1 Å². The van der Waals surface area contributed by atoms with Crippen LogP contribution in [0.2, 0.25) is 5.02 Å². The van der Waals surface area contributed by atoms with Crippen LogP contribution in [0.3, 0.4) is 0 Å². The Bertz CT molecular complexity index is 1530. The molecule has 1 saturated carbocycles. The Morgan fingerprint density at radius 2 is 1.97 bits per heavy atom. The van der Waals surface area contributed by atoms with Gasteiger partial charge in [-0.25, -0.2) is 4.39 Å². The van der Waals surface area contributed by atoms with E-state index in [2.05, 4.69) is 27.0 Å². The molecule has 1 aliphatic carbocycles. The third-order valence-electron chi connectivity index (χ3n) is 6.51. The van der Waals surface area contributed by atoms with Crippen LogP contribution >= 0.6 is 11.6 Å². The molecule has 34 heavy (non-hydrogen) atoms. The standard InChI is InChI=1S/C24H16ClF4N5/c25-17-12-20-16(11-18(17)26)21(31-22-32-30-13-34(20)22)33-10-2-4-15-14(3-1-5-19(15)33)6-7-23(8-9-23)24(27,28)29/h1,3,5,11-13H,2,4,8-10H2. The van der Waals surface area contributed by atoms with Gasteiger partial charge in [-0.05, 0) is 55.5 Å². The molecular weight excluding hydrogens is 470 g/mol. The van der Waals surface area contributed by atoms with E-state index in [0.29, 0.717) is 41.0 Å². The van der Waals surface area contributed by atoms with Crippen molar-refractivity contribution >= 4 is 39.8 Å². The van der Waals surface area contributed by atoms with Crippen molar-refractivity contribution in [1.29, 1.82) is 0 Å². The maximum Gasteiger partial charge on any atom is 0.405 e. The van der Waals surface area contributed by atoms with Gasteiger partial charge < -0.3 is 4.90 Å². The fraction of sp³-hybridized carbons (Fsp3) is 0.292. The van der Waals surface area contributed by atoms with Crippen molar-refractivity contribution in [2.45, 2.75) is 31.9 Å². The monoisotopic (exact) mass is 485 g/mol. The molecule has 0 bridgehead atoms. The Kier molecular flexibility index (Phi) is 4.55. The highest BCUT2D eigenvalue weighted by Crippen LogP contribution is 2.57. The Morgan fingerprint density at radius 3 is 2.74 bits per heavy atom. The van der Waals surface area contributed by atoms with Gasteiger partial charge in [0.1, 0.15) is 23.4 Å². The van der Waals surface area contributed by atoms with E-state index < -0.39 is 17.4 Å². The van der Waals surface area contributed by atoms with Gasteiger partial charge in [0.2, 0.25) is 0 Å². The SMILES string of the molecule is Fc1cc2c(N3CCCc4c(C#CC5(C(F)(F)F)CC5)cccc43)nc3nncn3c2cc1Cl. The predicted molar refractivity (Wildman–Crippen MR) is 120 cm³/mol. The summed E-state index contributed by atoms with van der Waals surface area (Å²) < 4.78 is 56.2. The maximum absolute atomic E-state index is 14.5. The molecule has 2 aliphatic rings. The molecule has 1 fully saturated rings. The molecule has 2 aromatic heterocycles. The zero-order valence-electron chi connectivity index (χ0n) is 17.6. The molecule has 10 heteroatoms. The van der Waals surface area contributed by atoms with E-state index in [9.17, 15) is 17.6 Å². The number of hydrogen-bond acceptors (Lipinski definition) is 4. The first-order valence-electron chi connectivity index (χ1n) is 10.8. The second-order valence-corrected chi connectivity index (χ2v) is 9.02. The summed E-state index contributed by atoms with van der Waals surface area (Å²) >= 11 is 6.05. The zero-order chi connectivity index (χ0) is 23.7. The number of anilines is 2. The van der Waals surface area contributed by atoms with Gasteiger partial charge in [0.25, 0.3) is 5.78 Å². The average Bonchev–Trinajstić information content (AvgIpc) is 3.47. The highest BCUT2D eigenvalue weighted by Gasteiger charge is 2.62. The van der Waals surface area contributed by atoms with Crippen molar-refractivity contribution in [3.05, 3.63) is 58.6 Å². The number of rotatable bonds is 1. The quantitative estimate of drug-likeness (QED) is 0.251. The number of halogens is 5. The van der Waals surface area contributed by atoms with Crippen LogP contribution in [0, 0.1) is 23.1 Å². The van der Waals surface area contributed by atoms with E-state index in [-0.39, 0.29) is 17.9 Å². The third-order valence-corrected chi connectivity index (χ3v) is 6.80.